The quantitative estimate of drug-likeness (QED) is 0.725. The van der Waals surface area contributed by atoms with Gasteiger partial charge in [0.2, 0.25) is 5.88 Å². The highest BCUT2D eigenvalue weighted by molar-refractivity contribution is 5.73. The van der Waals surface area contributed by atoms with Crippen LogP contribution in [-0.4, -0.2) is 66.1 Å². The molecule has 0 bridgehead atoms. The minimum atomic E-state index is -5.08. The van der Waals surface area contributed by atoms with Crippen LogP contribution in [0.2, 0.25) is 0 Å². The van der Waals surface area contributed by atoms with Crippen molar-refractivity contribution in [3.8, 4) is 11.9 Å². The third kappa shape index (κ3) is 6.55. The summed E-state index contributed by atoms with van der Waals surface area (Å²) in [6, 6.07) is 5.58. The molecule has 0 amide bonds. The Bertz CT molecular complexity index is 778. The summed E-state index contributed by atoms with van der Waals surface area (Å²) in [5, 5.41) is 15.9. The second kappa shape index (κ2) is 10.3. The van der Waals surface area contributed by atoms with Gasteiger partial charge in [0.15, 0.2) is 0 Å². The second-order valence-electron chi connectivity index (χ2n) is 8.25. The molecule has 3 atom stereocenters. The van der Waals surface area contributed by atoms with Gasteiger partial charge in [-0.05, 0) is 37.2 Å². The smallest absolute Gasteiger partial charge is 0.478 e. The van der Waals surface area contributed by atoms with Crippen molar-refractivity contribution in [2.45, 2.75) is 38.0 Å². The number of nitriles is 1. The van der Waals surface area contributed by atoms with Crippen molar-refractivity contribution in [1.29, 1.82) is 5.26 Å². The molecule has 1 saturated carbocycles. The van der Waals surface area contributed by atoms with Gasteiger partial charge in [0.1, 0.15) is 6.07 Å². The molecule has 3 fully saturated rings. The number of fused-ring (bicyclic) bond motifs is 1. The first kappa shape index (κ1) is 23.3. The summed E-state index contributed by atoms with van der Waals surface area (Å²) in [4.78, 5) is 15.7. The number of ether oxygens (including phenoxy) is 2. The van der Waals surface area contributed by atoms with Gasteiger partial charge >= 0.3 is 12.1 Å². The number of hydrogen-bond donors (Lipinski definition) is 1. The topological polar surface area (TPSA) is 95.7 Å². The molecule has 2 saturated heterocycles. The summed E-state index contributed by atoms with van der Waals surface area (Å²) >= 11 is 0. The van der Waals surface area contributed by atoms with Gasteiger partial charge in [-0.1, -0.05) is 6.42 Å². The van der Waals surface area contributed by atoms with E-state index in [1.54, 1.807) is 18.3 Å². The summed E-state index contributed by atoms with van der Waals surface area (Å²) in [5.74, 6) is 0.0467. The fourth-order valence-electron chi connectivity index (χ4n) is 4.21. The van der Waals surface area contributed by atoms with Crippen LogP contribution in [0.5, 0.6) is 5.88 Å². The zero-order valence-corrected chi connectivity index (χ0v) is 17.1. The van der Waals surface area contributed by atoms with E-state index in [2.05, 4.69) is 16.0 Å². The minimum absolute atomic E-state index is 0.433. The van der Waals surface area contributed by atoms with Crippen LogP contribution in [-0.2, 0) is 9.53 Å². The predicted molar refractivity (Wildman–Crippen MR) is 103 cm³/mol. The molecule has 10 heteroatoms. The molecule has 1 N–H and O–H groups in total. The first-order valence-corrected chi connectivity index (χ1v) is 10.4. The molecule has 170 valence electrons. The number of pyridine rings is 1. The third-order valence-corrected chi connectivity index (χ3v) is 6.10. The first-order valence-electron chi connectivity index (χ1n) is 10.4. The minimum Gasteiger partial charge on any atom is -0.478 e. The van der Waals surface area contributed by atoms with Crippen LogP contribution in [0.3, 0.4) is 0 Å². The molecular weight excluding hydrogens is 415 g/mol. The number of carboxylic acid groups (broad SMARTS) is 1. The normalized spacial score (nSPS) is 25.7. The van der Waals surface area contributed by atoms with E-state index < -0.39 is 12.1 Å². The Kier molecular flexibility index (Phi) is 7.73. The molecule has 4 rings (SSSR count). The van der Waals surface area contributed by atoms with Crippen molar-refractivity contribution in [3.63, 3.8) is 0 Å². The number of rotatable bonds is 6. The molecular formula is C21H26F3N3O4. The Morgan fingerprint density at radius 3 is 2.65 bits per heavy atom. The van der Waals surface area contributed by atoms with E-state index >= 15 is 0 Å². The lowest BCUT2D eigenvalue weighted by Gasteiger charge is -2.30. The van der Waals surface area contributed by atoms with Crippen LogP contribution in [0.1, 0.15) is 31.2 Å². The Labute approximate surface area is 178 Å². The largest absolute Gasteiger partial charge is 0.490 e. The number of carbonyl (C=O) groups is 1. The summed E-state index contributed by atoms with van der Waals surface area (Å²) in [6.07, 6.45) is 2.18. The molecule has 1 aromatic heterocycles. The average molecular weight is 441 g/mol. The fourth-order valence-corrected chi connectivity index (χ4v) is 4.21. The second-order valence-corrected chi connectivity index (χ2v) is 8.25. The van der Waals surface area contributed by atoms with E-state index in [1.165, 1.54) is 32.4 Å². The molecule has 0 aromatic carbocycles. The number of likely N-dealkylation sites (tertiary alicyclic amines) is 1. The highest BCUT2D eigenvalue weighted by Gasteiger charge is 2.44. The Hall–Kier alpha value is -2.38. The molecule has 1 aromatic rings. The fraction of sp³-hybridized carbons (Fsp3) is 0.667. The molecule has 3 aliphatic rings. The average Bonchev–Trinajstić information content (AvgIpc) is 3.26. The Morgan fingerprint density at radius 2 is 2.10 bits per heavy atom. The predicted octanol–water partition coefficient (Wildman–Crippen LogP) is 3.10. The van der Waals surface area contributed by atoms with Crippen molar-refractivity contribution in [2.75, 3.05) is 32.8 Å². The molecule has 3 heterocycles. The number of alkyl halides is 3. The lowest BCUT2D eigenvalue weighted by atomic mass is 9.85. The molecule has 1 aliphatic carbocycles. The molecule has 0 spiro atoms. The number of hydrogen-bond acceptors (Lipinski definition) is 6. The van der Waals surface area contributed by atoms with Gasteiger partial charge in [-0.3, -0.25) is 0 Å². The maximum Gasteiger partial charge on any atom is 0.490 e. The van der Waals surface area contributed by atoms with E-state index in [9.17, 15) is 13.2 Å². The first-order chi connectivity index (χ1) is 14.8. The number of aromatic nitrogens is 1. The highest BCUT2D eigenvalue weighted by Crippen LogP contribution is 2.37. The summed E-state index contributed by atoms with van der Waals surface area (Å²) < 4.78 is 43.5. The van der Waals surface area contributed by atoms with Gasteiger partial charge in [0, 0.05) is 37.8 Å². The van der Waals surface area contributed by atoms with E-state index in [0.717, 1.165) is 25.5 Å². The zero-order valence-electron chi connectivity index (χ0n) is 17.1. The van der Waals surface area contributed by atoms with Gasteiger partial charge in [-0.15, -0.1) is 0 Å². The van der Waals surface area contributed by atoms with Gasteiger partial charge in [-0.2, -0.15) is 18.4 Å². The van der Waals surface area contributed by atoms with Gasteiger partial charge in [0.05, 0.1) is 24.9 Å². The van der Waals surface area contributed by atoms with Crippen molar-refractivity contribution >= 4 is 5.97 Å². The van der Waals surface area contributed by atoms with Gasteiger partial charge < -0.3 is 19.5 Å². The molecule has 0 unspecified atom stereocenters. The van der Waals surface area contributed by atoms with E-state index in [0.29, 0.717) is 36.0 Å². The zero-order chi connectivity index (χ0) is 22.4. The standard InChI is InChI=1S/C19H25N3O2.C2HF3O2/c20-8-15-4-5-19(21-9-15)23-7-6-16-13-24-18-12-22(11-17(16)18)10-14-2-1-3-14;3-2(4,5)1(6)7/h4-5,9,14,16-18H,1-3,6-7,10-13H2;(H,6,7)/t16-,17-,18-;/m0./s1. The monoisotopic (exact) mass is 441 g/mol. The number of carboxylic acids is 1. The van der Waals surface area contributed by atoms with Crippen LogP contribution < -0.4 is 4.74 Å². The van der Waals surface area contributed by atoms with E-state index in [1.807, 2.05) is 0 Å². The van der Waals surface area contributed by atoms with Crippen molar-refractivity contribution in [3.05, 3.63) is 23.9 Å². The third-order valence-electron chi connectivity index (χ3n) is 6.10. The maximum absolute atomic E-state index is 10.6. The van der Waals surface area contributed by atoms with E-state index in [-0.39, 0.29) is 0 Å². The van der Waals surface area contributed by atoms with Gasteiger partial charge in [-0.25, -0.2) is 9.78 Å². The molecule has 2 aliphatic heterocycles. The SMILES string of the molecule is N#Cc1ccc(OCC[C@H]2CO[C@H]3CN(CC4CCC4)C[C@@H]23)nc1.O=C(O)C(F)(F)F. The number of halogens is 3. The van der Waals surface area contributed by atoms with Crippen LogP contribution in [0.15, 0.2) is 18.3 Å². The highest BCUT2D eigenvalue weighted by atomic mass is 19.4. The van der Waals surface area contributed by atoms with Crippen molar-refractivity contribution in [1.82, 2.24) is 9.88 Å². The van der Waals surface area contributed by atoms with Crippen LogP contribution in [0.4, 0.5) is 13.2 Å². The van der Waals surface area contributed by atoms with Crippen molar-refractivity contribution < 1.29 is 32.5 Å². The van der Waals surface area contributed by atoms with Crippen LogP contribution in [0.25, 0.3) is 0 Å². The Morgan fingerprint density at radius 1 is 1.35 bits per heavy atom. The lowest BCUT2D eigenvalue weighted by molar-refractivity contribution is -0.192. The molecule has 0 radical (unpaired) electrons. The number of nitrogens with zero attached hydrogens (tertiary/aromatic N) is 3. The van der Waals surface area contributed by atoms with Crippen LogP contribution in [0, 0.1) is 29.1 Å². The maximum atomic E-state index is 10.6. The summed E-state index contributed by atoms with van der Waals surface area (Å²) in [5.41, 5.74) is 0.562. The van der Waals surface area contributed by atoms with Crippen LogP contribution >= 0.6 is 0 Å². The number of aliphatic carboxylic acids is 1. The summed E-state index contributed by atoms with van der Waals surface area (Å²) in [7, 11) is 0. The lowest BCUT2D eigenvalue weighted by Crippen LogP contribution is -2.32. The van der Waals surface area contributed by atoms with Gasteiger partial charge in [0.25, 0.3) is 0 Å². The Balaban J connectivity index is 0.000000339. The molecule has 31 heavy (non-hydrogen) atoms. The summed E-state index contributed by atoms with van der Waals surface area (Å²) in [6.45, 7) is 5.13. The molecule has 7 nitrogen and oxygen atoms in total. The van der Waals surface area contributed by atoms with E-state index in [4.69, 9.17) is 24.6 Å². The van der Waals surface area contributed by atoms with Crippen molar-refractivity contribution in [2.24, 2.45) is 17.8 Å².